The summed E-state index contributed by atoms with van der Waals surface area (Å²) in [6.07, 6.45) is 14.1. The minimum Gasteiger partial charge on any atom is -0.726 e. The van der Waals surface area contributed by atoms with E-state index in [1.165, 1.54) is 57.8 Å². The van der Waals surface area contributed by atoms with Gasteiger partial charge in [-0.25, -0.2) is 8.42 Å². The summed E-state index contributed by atoms with van der Waals surface area (Å²) in [5.74, 6) is 0. The Balaban J connectivity index is 0. The summed E-state index contributed by atoms with van der Waals surface area (Å²) in [7, 11) is -4.57. The molecule has 0 radical (unpaired) electrons. The van der Waals surface area contributed by atoms with E-state index in [-0.39, 0.29) is 42.8 Å². The van der Waals surface area contributed by atoms with Gasteiger partial charge < -0.3 is 9.29 Å². The van der Waals surface area contributed by atoms with Crippen molar-refractivity contribution in [1.82, 2.24) is 0 Å². The van der Waals surface area contributed by atoms with Crippen molar-refractivity contribution in [3.05, 3.63) is 0 Å². The first-order chi connectivity index (χ1) is 10.1. The van der Waals surface area contributed by atoms with Crippen LogP contribution in [-0.2, 0) is 19.3 Å². The van der Waals surface area contributed by atoms with Crippen LogP contribution in [0.4, 0.5) is 0 Å². The van der Waals surface area contributed by atoms with E-state index in [0.29, 0.717) is 6.61 Å². The average Bonchev–Trinajstić information content (AvgIpc) is 2.42. The van der Waals surface area contributed by atoms with Crippen LogP contribution in [0.15, 0.2) is 0 Å². The van der Waals surface area contributed by atoms with E-state index in [9.17, 15) is 13.0 Å². The van der Waals surface area contributed by atoms with Crippen molar-refractivity contribution in [3.63, 3.8) is 0 Å². The number of hydrogen-bond donors (Lipinski definition) is 0. The Labute approximate surface area is 158 Å². The summed E-state index contributed by atoms with van der Waals surface area (Å²) in [6, 6.07) is 0. The quantitative estimate of drug-likeness (QED) is 0.179. The fourth-order valence-electron chi connectivity index (χ4n) is 2.17. The van der Waals surface area contributed by atoms with Crippen molar-refractivity contribution in [3.8, 4) is 0 Å². The average molecular weight is 346 g/mol. The Kier molecular flexibility index (Phi) is 20.7. The van der Waals surface area contributed by atoms with Crippen molar-refractivity contribution in [1.29, 1.82) is 0 Å². The van der Waals surface area contributed by atoms with Crippen molar-refractivity contribution in [2.75, 3.05) is 19.8 Å². The van der Waals surface area contributed by atoms with Crippen molar-refractivity contribution in [2.24, 2.45) is 0 Å². The van der Waals surface area contributed by atoms with Crippen molar-refractivity contribution < 1.29 is 51.4 Å². The Morgan fingerprint density at radius 2 is 1.18 bits per heavy atom. The molecule has 0 atom stereocenters. The largest absolute Gasteiger partial charge is 1.00 e. The van der Waals surface area contributed by atoms with Gasteiger partial charge in [0.15, 0.2) is 0 Å². The molecule has 128 valence electrons. The van der Waals surface area contributed by atoms with Gasteiger partial charge in [-0.05, 0) is 6.42 Å². The zero-order valence-corrected chi connectivity index (χ0v) is 17.2. The van der Waals surface area contributed by atoms with E-state index in [4.69, 9.17) is 4.74 Å². The first-order valence-corrected chi connectivity index (χ1v) is 9.57. The molecule has 0 N–H and O–H groups in total. The monoisotopic (exact) mass is 346 g/mol. The molecular formula is C15H31NaO5S. The molecule has 7 heteroatoms. The third-order valence-electron chi connectivity index (χ3n) is 3.35. The number of unbranched alkanes of at least 4 members (excludes halogenated alkanes) is 10. The van der Waals surface area contributed by atoms with Crippen molar-refractivity contribution >= 4 is 10.4 Å². The maximum absolute atomic E-state index is 10.1. The zero-order chi connectivity index (χ0) is 15.8. The molecule has 5 nitrogen and oxygen atoms in total. The summed E-state index contributed by atoms with van der Waals surface area (Å²) in [4.78, 5) is 0. The topological polar surface area (TPSA) is 75.7 Å². The molecule has 0 spiro atoms. The van der Waals surface area contributed by atoms with Crippen LogP contribution in [0, 0.1) is 0 Å². The van der Waals surface area contributed by atoms with Crippen LogP contribution >= 0.6 is 0 Å². The van der Waals surface area contributed by atoms with Gasteiger partial charge in [0, 0.05) is 6.61 Å². The van der Waals surface area contributed by atoms with Gasteiger partial charge in [-0.3, -0.25) is 4.18 Å². The number of rotatable bonds is 16. The molecule has 0 saturated heterocycles. The molecule has 0 saturated carbocycles. The van der Waals surface area contributed by atoms with Gasteiger partial charge in [-0.1, -0.05) is 71.1 Å². The molecule has 0 aromatic heterocycles. The zero-order valence-electron chi connectivity index (χ0n) is 14.3. The Hall–Kier alpha value is 0.830. The van der Waals surface area contributed by atoms with Crippen LogP contribution < -0.4 is 29.6 Å². The SMILES string of the molecule is CCCCCCCCCCCCCOCCOS(=O)(=O)[O-].[Na+]. The minimum atomic E-state index is -4.57. The predicted octanol–water partition coefficient (Wildman–Crippen LogP) is 0.795. The predicted molar refractivity (Wildman–Crippen MR) is 82.9 cm³/mol. The van der Waals surface area contributed by atoms with Crippen LogP contribution in [0.5, 0.6) is 0 Å². The second-order valence-electron chi connectivity index (χ2n) is 5.38. The summed E-state index contributed by atoms with van der Waals surface area (Å²) in [5, 5.41) is 0. The van der Waals surface area contributed by atoms with E-state index < -0.39 is 10.4 Å². The van der Waals surface area contributed by atoms with Gasteiger partial charge in [-0.2, -0.15) is 0 Å². The van der Waals surface area contributed by atoms with Crippen LogP contribution in [0.3, 0.4) is 0 Å². The fourth-order valence-corrected chi connectivity index (χ4v) is 2.44. The maximum atomic E-state index is 10.1. The van der Waals surface area contributed by atoms with Crippen LogP contribution in [0.25, 0.3) is 0 Å². The van der Waals surface area contributed by atoms with Crippen molar-refractivity contribution in [2.45, 2.75) is 77.6 Å². The molecule has 0 unspecified atom stereocenters. The van der Waals surface area contributed by atoms with Crippen LogP contribution in [-0.4, -0.2) is 32.8 Å². The third-order valence-corrected chi connectivity index (χ3v) is 3.80. The van der Waals surface area contributed by atoms with E-state index in [2.05, 4.69) is 11.1 Å². The van der Waals surface area contributed by atoms with Crippen LogP contribution in [0.1, 0.15) is 77.6 Å². The molecule has 0 bridgehead atoms. The summed E-state index contributed by atoms with van der Waals surface area (Å²) >= 11 is 0. The number of hydrogen-bond acceptors (Lipinski definition) is 5. The molecule has 0 aliphatic carbocycles. The van der Waals surface area contributed by atoms with Gasteiger partial charge in [0.25, 0.3) is 0 Å². The normalized spacial score (nSPS) is 11.4. The first kappa shape index (κ1) is 25.1. The summed E-state index contributed by atoms with van der Waals surface area (Å²) in [5.41, 5.74) is 0. The van der Waals surface area contributed by atoms with E-state index in [1.807, 2.05) is 0 Å². The smallest absolute Gasteiger partial charge is 0.726 e. The standard InChI is InChI=1S/C15H32O5S.Na/c1-2-3-4-5-6-7-8-9-10-11-12-13-19-14-15-20-21(16,17)18;/h2-15H2,1H3,(H,16,17,18);/q;+1/p-1. The Morgan fingerprint density at radius 3 is 1.64 bits per heavy atom. The van der Waals surface area contributed by atoms with Crippen LogP contribution in [0.2, 0.25) is 0 Å². The summed E-state index contributed by atoms with van der Waals surface area (Å²) in [6.45, 7) is 2.80. The van der Waals surface area contributed by atoms with Gasteiger partial charge in [-0.15, -0.1) is 0 Å². The van der Waals surface area contributed by atoms with Gasteiger partial charge in [0.05, 0.1) is 13.2 Å². The molecule has 0 fully saturated rings. The van der Waals surface area contributed by atoms with E-state index >= 15 is 0 Å². The second kappa shape index (κ2) is 18.2. The molecule has 22 heavy (non-hydrogen) atoms. The minimum absolute atomic E-state index is 0. The molecule has 0 aliphatic rings. The van der Waals surface area contributed by atoms with E-state index in [0.717, 1.165) is 12.8 Å². The fraction of sp³-hybridized carbons (Fsp3) is 1.00. The summed E-state index contributed by atoms with van der Waals surface area (Å²) < 4.78 is 39.6. The molecule has 0 aromatic rings. The molecule has 0 heterocycles. The van der Waals surface area contributed by atoms with Gasteiger partial charge >= 0.3 is 29.6 Å². The Morgan fingerprint density at radius 1 is 0.727 bits per heavy atom. The van der Waals surface area contributed by atoms with Gasteiger partial charge in [0.1, 0.15) is 0 Å². The third kappa shape index (κ3) is 23.1. The molecule has 0 amide bonds. The second-order valence-corrected chi connectivity index (χ2v) is 6.43. The Bertz CT molecular complexity index is 309. The molecule has 0 aromatic carbocycles. The first-order valence-electron chi connectivity index (χ1n) is 8.24. The molecule has 0 aliphatic heterocycles. The number of ether oxygens (including phenoxy) is 1. The van der Waals surface area contributed by atoms with E-state index in [1.54, 1.807) is 0 Å². The molecular weight excluding hydrogens is 315 g/mol. The molecule has 0 rings (SSSR count). The van der Waals surface area contributed by atoms with Gasteiger partial charge in [0.2, 0.25) is 10.4 Å². The maximum Gasteiger partial charge on any atom is 1.00 e.